The number of rotatable bonds is 5. The second-order valence-corrected chi connectivity index (χ2v) is 5.11. The molecule has 1 aliphatic heterocycles. The van der Waals surface area contributed by atoms with Crippen molar-refractivity contribution in [2.75, 3.05) is 24.2 Å². The molecule has 0 radical (unpaired) electrons. The van der Waals surface area contributed by atoms with Gasteiger partial charge in [-0.15, -0.1) is 0 Å². The third-order valence-electron chi connectivity index (χ3n) is 3.75. The van der Waals surface area contributed by atoms with Crippen LogP contribution in [0.2, 0.25) is 0 Å². The number of carbonyl (C=O) groups is 1. The Morgan fingerprint density at radius 2 is 2.32 bits per heavy atom. The molecule has 4 nitrogen and oxygen atoms in total. The molecule has 1 aliphatic rings. The van der Waals surface area contributed by atoms with Gasteiger partial charge in [-0.2, -0.15) is 0 Å². The smallest absolute Gasteiger partial charge is 0.161 e. The molecular formula is C15H22N2O2. The predicted molar refractivity (Wildman–Crippen MR) is 77.5 cm³/mol. The highest BCUT2D eigenvalue weighted by molar-refractivity contribution is 5.99. The predicted octanol–water partition coefficient (Wildman–Crippen LogP) is 2.70. The number of nitrogens with one attached hydrogen (secondary N) is 1. The lowest BCUT2D eigenvalue weighted by Gasteiger charge is -2.18. The minimum absolute atomic E-state index is 0.000657. The monoisotopic (exact) mass is 262 g/mol. The Morgan fingerprint density at radius 1 is 1.53 bits per heavy atom. The fraction of sp³-hybridized carbons (Fsp3) is 0.533. The van der Waals surface area contributed by atoms with Crippen LogP contribution < -0.4 is 11.1 Å². The number of ether oxygens (including phenoxy) is 1. The van der Waals surface area contributed by atoms with E-state index in [0.717, 1.165) is 31.7 Å². The molecule has 1 heterocycles. The molecule has 4 heteroatoms. The summed E-state index contributed by atoms with van der Waals surface area (Å²) in [6.45, 7) is 5.43. The van der Waals surface area contributed by atoms with Gasteiger partial charge in [0.15, 0.2) is 5.78 Å². The van der Waals surface area contributed by atoms with Gasteiger partial charge in [-0.25, -0.2) is 0 Å². The van der Waals surface area contributed by atoms with Gasteiger partial charge >= 0.3 is 0 Å². The first-order chi connectivity index (χ1) is 9.11. The van der Waals surface area contributed by atoms with Crippen LogP contribution in [0, 0.1) is 5.92 Å². The second kappa shape index (κ2) is 6.06. The topological polar surface area (TPSA) is 64.3 Å². The second-order valence-electron chi connectivity index (χ2n) is 5.11. The van der Waals surface area contributed by atoms with Crippen LogP contribution in [0.5, 0.6) is 0 Å². The third kappa shape index (κ3) is 3.26. The highest BCUT2D eigenvalue weighted by Crippen LogP contribution is 2.25. The van der Waals surface area contributed by atoms with E-state index >= 15 is 0 Å². The summed E-state index contributed by atoms with van der Waals surface area (Å²) in [6.07, 6.45) is 2.52. The van der Waals surface area contributed by atoms with E-state index in [1.165, 1.54) is 6.92 Å². The summed E-state index contributed by atoms with van der Waals surface area (Å²) >= 11 is 0. The largest absolute Gasteiger partial charge is 0.398 e. The molecule has 2 unspecified atom stereocenters. The lowest BCUT2D eigenvalue weighted by Crippen LogP contribution is -2.22. The molecule has 1 saturated heterocycles. The van der Waals surface area contributed by atoms with Gasteiger partial charge in [0, 0.05) is 36.0 Å². The van der Waals surface area contributed by atoms with Crippen molar-refractivity contribution in [1.29, 1.82) is 0 Å². The van der Waals surface area contributed by atoms with E-state index in [9.17, 15) is 4.79 Å². The lowest BCUT2D eigenvalue weighted by molar-refractivity contribution is 0.0900. The van der Waals surface area contributed by atoms with E-state index < -0.39 is 0 Å². The minimum Gasteiger partial charge on any atom is -0.398 e. The van der Waals surface area contributed by atoms with E-state index in [1.807, 2.05) is 12.1 Å². The fourth-order valence-electron chi connectivity index (χ4n) is 2.62. The summed E-state index contributed by atoms with van der Waals surface area (Å²) in [6, 6.07) is 5.51. The standard InChI is InChI=1S/C15H22N2O2/c1-3-15-11(6-7-19-15)9-17-12-4-5-13(10(2)18)14(16)8-12/h4-5,8,11,15,17H,3,6-7,9,16H2,1-2H3. The highest BCUT2D eigenvalue weighted by Gasteiger charge is 2.26. The molecule has 0 aromatic heterocycles. The van der Waals surface area contributed by atoms with Crippen molar-refractivity contribution in [2.45, 2.75) is 32.8 Å². The van der Waals surface area contributed by atoms with Gasteiger partial charge in [0.25, 0.3) is 0 Å². The summed E-state index contributed by atoms with van der Waals surface area (Å²) < 4.78 is 5.67. The molecular weight excluding hydrogens is 240 g/mol. The van der Waals surface area contributed by atoms with Crippen LogP contribution in [-0.2, 0) is 4.74 Å². The van der Waals surface area contributed by atoms with E-state index in [0.29, 0.717) is 23.3 Å². The van der Waals surface area contributed by atoms with Crippen molar-refractivity contribution in [1.82, 2.24) is 0 Å². The first-order valence-corrected chi connectivity index (χ1v) is 6.87. The summed E-state index contributed by atoms with van der Waals surface area (Å²) in [5.74, 6) is 0.554. The maximum atomic E-state index is 11.3. The Bertz CT molecular complexity index is 459. The fourth-order valence-corrected chi connectivity index (χ4v) is 2.62. The van der Waals surface area contributed by atoms with Crippen LogP contribution >= 0.6 is 0 Å². The molecule has 3 N–H and O–H groups in total. The average molecular weight is 262 g/mol. The molecule has 0 saturated carbocycles. The normalized spacial score (nSPS) is 22.4. The summed E-state index contributed by atoms with van der Waals surface area (Å²) in [4.78, 5) is 11.3. The van der Waals surface area contributed by atoms with E-state index in [-0.39, 0.29) is 5.78 Å². The number of nitrogen functional groups attached to an aromatic ring is 1. The van der Waals surface area contributed by atoms with Crippen LogP contribution in [0.25, 0.3) is 0 Å². The average Bonchev–Trinajstić information content (AvgIpc) is 2.83. The van der Waals surface area contributed by atoms with Crippen molar-refractivity contribution < 1.29 is 9.53 Å². The number of hydrogen-bond acceptors (Lipinski definition) is 4. The Balaban J connectivity index is 1.96. The Hall–Kier alpha value is -1.55. The molecule has 0 amide bonds. The van der Waals surface area contributed by atoms with Gasteiger partial charge in [0.2, 0.25) is 0 Å². The third-order valence-corrected chi connectivity index (χ3v) is 3.75. The molecule has 1 fully saturated rings. The van der Waals surface area contributed by atoms with Crippen LogP contribution in [0.15, 0.2) is 18.2 Å². The van der Waals surface area contributed by atoms with Crippen LogP contribution in [-0.4, -0.2) is 25.0 Å². The summed E-state index contributed by atoms with van der Waals surface area (Å²) in [7, 11) is 0. The number of hydrogen-bond donors (Lipinski definition) is 2. The minimum atomic E-state index is -0.000657. The summed E-state index contributed by atoms with van der Waals surface area (Å²) in [5, 5.41) is 3.39. The maximum Gasteiger partial charge on any atom is 0.161 e. The zero-order valence-electron chi connectivity index (χ0n) is 11.6. The van der Waals surface area contributed by atoms with Crippen molar-refractivity contribution in [2.24, 2.45) is 5.92 Å². The number of Topliss-reactive ketones (excluding diaryl/α,β-unsaturated/α-hetero) is 1. The van der Waals surface area contributed by atoms with Gasteiger partial charge in [0.05, 0.1) is 6.10 Å². The van der Waals surface area contributed by atoms with Crippen molar-refractivity contribution in [3.05, 3.63) is 23.8 Å². The first kappa shape index (κ1) is 13.9. The Kier molecular flexibility index (Phi) is 4.43. The summed E-state index contributed by atoms with van der Waals surface area (Å²) in [5.41, 5.74) is 7.96. The van der Waals surface area contributed by atoms with E-state index in [1.54, 1.807) is 6.07 Å². The van der Waals surface area contributed by atoms with Gasteiger partial charge < -0.3 is 15.8 Å². The first-order valence-electron chi connectivity index (χ1n) is 6.87. The van der Waals surface area contributed by atoms with E-state index in [2.05, 4.69) is 12.2 Å². The molecule has 2 atom stereocenters. The lowest BCUT2D eigenvalue weighted by atomic mass is 9.99. The molecule has 104 valence electrons. The maximum absolute atomic E-state index is 11.3. The molecule has 1 aromatic carbocycles. The van der Waals surface area contributed by atoms with Gasteiger partial charge in [-0.1, -0.05) is 6.92 Å². The van der Waals surface area contributed by atoms with Gasteiger partial charge in [0.1, 0.15) is 0 Å². The number of carbonyl (C=O) groups excluding carboxylic acids is 1. The highest BCUT2D eigenvalue weighted by atomic mass is 16.5. The molecule has 0 bridgehead atoms. The molecule has 0 aliphatic carbocycles. The van der Waals surface area contributed by atoms with Crippen molar-refractivity contribution >= 4 is 17.2 Å². The number of ketones is 1. The number of nitrogens with two attached hydrogens (primary N) is 1. The number of anilines is 2. The van der Waals surface area contributed by atoms with Crippen molar-refractivity contribution in [3.63, 3.8) is 0 Å². The Morgan fingerprint density at radius 3 is 2.95 bits per heavy atom. The van der Waals surface area contributed by atoms with Crippen LogP contribution in [0.3, 0.4) is 0 Å². The Labute approximate surface area is 114 Å². The van der Waals surface area contributed by atoms with Gasteiger partial charge in [-0.05, 0) is 38.0 Å². The zero-order valence-corrected chi connectivity index (χ0v) is 11.6. The SMILES string of the molecule is CCC1OCCC1CNc1ccc(C(C)=O)c(N)c1. The molecule has 0 spiro atoms. The quantitative estimate of drug-likeness (QED) is 0.632. The van der Waals surface area contributed by atoms with Crippen LogP contribution in [0.4, 0.5) is 11.4 Å². The zero-order chi connectivity index (χ0) is 13.8. The van der Waals surface area contributed by atoms with E-state index in [4.69, 9.17) is 10.5 Å². The molecule has 2 rings (SSSR count). The molecule has 1 aromatic rings. The molecule has 19 heavy (non-hydrogen) atoms. The van der Waals surface area contributed by atoms with Crippen LogP contribution in [0.1, 0.15) is 37.0 Å². The van der Waals surface area contributed by atoms with Gasteiger partial charge in [-0.3, -0.25) is 4.79 Å². The number of benzene rings is 1. The van der Waals surface area contributed by atoms with Crippen molar-refractivity contribution in [3.8, 4) is 0 Å².